The number of hydrogen-bond donors (Lipinski definition) is 1. The molecule has 5 nitrogen and oxygen atoms in total. The van der Waals surface area contributed by atoms with Crippen molar-refractivity contribution < 1.29 is 14.7 Å². The van der Waals surface area contributed by atoms with Crippen molar-refractivity contribution in [3.63, 3.8) is 0 Å². The highest BCUT2D eigenvalue weighted by atomic mass is 32.1. The summed E-state index contributed by atoms with van der Waals surface area (Å²) in [5.41, 5.74) is 1.35. The summed E-state index contributed by atoms with van der Waals surface area (Å²) >= 11 is 1.73. The van der Waals surface area contributed by atoms with Crippen LogP contribution in [0, 0.1) is 0 Å². The molecule has 0 aliphatic carbocycles. The lowest BCUT2D eigenvalue weighted by atomic mass is 10.1. The fourth-order valence-electron chi connectivity index (χ4n) is 2.45. The van der Waals surface area contributed by atoms with E-state index in [9.17, 15) is 9.59 Å². The van der Waals surface area contributed by atoms with Crippen molar-refractivity contribution in [2.75, 3.05) is 6.54 Å². The number of carbonyl (C=O) groups is 2. The number of carbonyl (C=O) groups excluding carboxylic acids is 1. The molecule has 20 heavy (non-hydrogen) atoms. The van der Waals surface area contributed by atoms with Crippen LogP contribution in [0.2, 0.25) is 0 Å². The zero-order valence-electron chi connectivity index (χ0n) is 10.8. The highest BCUT2D eigenvalue weighted by molar-refractivity contribution is 7.10. The molecule has 0 fully saturated rings. The standard InChI is InChI=1S/C14H14N2O3S/c17-13(9-15-5-1-2-11(15)14(18)19)16-6-3-12-10(8-16)4-7-20-12/h1-2,4-5,7H,3,6,8-9H2,(H,18,19). The van der Waals surface area contributed by atoms with Crippen molar-refractivity contribution >= 4 is 23.2 Å². The van der Waals surface area contributed by atoms with Crippen molar-refractivity contribution in [3.8, 4) is 0 Å². The normalized spacial score (nSPS) is 14.1. The molecule has 0 radical (unpaired) electrons. The minimum absolute atomic E-state index is 0.0412. The van der Waals surface area contributed by atoms with Crippen LogP contribution in [0.1, 0.15) is 20.9 Å². The topological polar surface area (TPSA) is 62.5 Å². The van der Waals surface area contributed by atoms with Gasteiger partial charge in [0.1, 0.15) is 12.2 Å². The van der Waals surface area contributed by atoms with Crippen LogP contribution in [0.15, 0.2) is 29.8 Å². The van der Waals surface area contributed by atoms with Gasteiger partial charge in [-0.15, -0.1) is 11.3 Å². The zero-order valence-corrected chi connectivity index (χ0v) is 11.6. The van der Waals surface area contributed by atoms with Crippen molar-refractivity contribution in [2.45, 2.75) is 19.5 Å². The molecule has 104 valence electrons. The predicted molar refractivity (Wildman–Crippen MR) is 74.8 cm³/mol. The number of fused-ring (bicyclic) bond motifs is 1. The van der Waals surface area contributed by atoms with Gasteiger partial charge < -0.3 is 14.6 Å². The summed E-state index contributed by atoms with van der Waals surface area (Å²) in [6.07, 6.45) is 2.51. The van der Waals surface area contributed by atoms with Gasteiger partial charge in [0.2, 0.25) is 5.91 Å². The average molecular weight is 290 g/mol. The molecule has 0 saturated heterocycles. The molecule has 0 bridgehead atoms. The summed E-state index contributed by atoms with van der Waals surface area (Å²) in [7, 11) is 0. The molecule has 1 N–H and O–H groups in total. The summed E-state index contributed by atoms with van der Waals surface area (Å²) in [6.45, 7) is 1.41. The molecular weight excluding hydrogens is 276 g/mol. The first-order chi connectivity index (χ1) is 9.65. The number of nitrogens with zero attached hydrogens (tertiary/aromatic N) is 2. The molecule has 1 aliphatic rings. The van der Waals surface area contributed by atoms with E-state index in [1.807, 2.05) is 5.38 Å². The Bertz CT molecular complexity index is 659. The molecule has 0 aromatic carbocycles. The third kappa shape index (κ3) is 2.34. The number of aromatic carboxylic acids is 1. The largest absolute Gasteiger partial charge is 0.477 e. The van der Waals surface area contributed by atoms with Gasteiger partial charge in [-0.3, -0.25) is 4.79 Å². The molecule has 0 atom stereocenters. The molecule has 0 spiro atoms. The second kappa shape index (κ2) is 5.13. The minimum atomic E-state index is -1.01. The first-order valence-electron chi connectivity index (χ1n) is 6.36. The Morgan fingerprint density at radius 1 is 1.35 bits per heavy atom. The van der Waals surface area contributed by atoms with Gasteiger partial charge in [-0.2, -0.15) is 0 Å². The van der Waals surface area contributed by atoms with Crippen LogP contribution in [-0.2, 0) is 24.3 Å². The Hall–Kier alpha value is -2.08. The monoisotopic (exact) mass is 290 g/mol. The van der Waals surface area contributed by atoms with Crippen LogP contribution in [0.3, 0.4) is 0 Å². The molecule has 2 aromatic rings. The van der Waals surface area contributed by atoms with E-state index in [1.165, 1.54) is 21.1 Å². The highest BCUT2D eigenvalue weighted by Crippen LogP contribution is 2.24. The lowest BCUT2D eigenvalue weighted by Gasteiger charge is -2.27. The lowest BCUT2D eigenvalue weighted by molar-refractivity contribution is -0.132. The van der Waals surface area contributed by atoms with Crippen molar-refractivity contribution in [2.24, 2.45) is 0 Å². The third-order valence-corrected chi connectivity index (χ3v) is 4.54. The van der Waals surface area contributed by atoms with Gasteiger partial charge in [-0.25, -0.2) is 4.79 Å². The number of thiophene rings is 1. The second-order valence-corrected chi connectivity index (χ2v) is 5.76. The van der Waals surface area contributed by atoms with Crippen molar-refractivity contribution in [3.05, 3.63) is 45.9 Å². The van der Waals surface area contributed by atoms with Crippen molar-refractivity contribution in [1.82, 2.24) is 9.47 Å². The van der Waals surface area contributed by atoms with Crippen LogP contribution < -0.4 is 0 Å². The Balaban J connectivity index is 1.71. The van der Waals surface area contributed by atoms with E-state index in [-0.39, 0.29) is 18.1 Å². The summed E-state index contributed by atoms with van der Waals surface area (Å²) in [6, 6.07) is 5.20. The number of amides is 1. The molecule has 3 rings (SSSR count). The van der Waals surface area contributed by atoms with Crippen LogP contribution in [0.25, 0.3) is 0 Å². The van der Waals surface area contributed by atoms with Gasteiger partial charge in [0.25, 0.3) is 0 Å². The summed E-state index contributed by atoms with van der Waals surface area (Å²) in [4.78, 5) is 26.5. The number of aromatic nitrogens is 1. The summed E-state index contributed by atoms with van der Waals surface area (Å²) in [5, 5.41) is 11.1. The van der Waals surface area contributed by atoms with E-state index in [0.717, 1.165) is 6.42 Å². The number of hydrogen-bond acceptors (Lipinski definition) is 3. The second-order valence-electron chi connectivity index (χ2n) is 4.76. The van der Waals surface area contributed by atoms with E-state index in [2.05, 4.69) is 6.07 Å². The van der Waals surface area contributed by atoms with Crippen LogP contribution in [0.5, 0.6) is 0 Å². The maximum Gasteiger partial charge on any atom is 0.352 e. The van der Waals surface area contributed by atoms with E-state index in [0.29, 0.717) is 13.1 Å². The van der Waals surface area contributed by atoms with Gasteiger partial charge in [-0.1, -0.05) is 0 Å². The van der Waals surface area contributed by atoms with Crippen LogP contribution in [0.4, 0.5) is 0 Å². The summed E-state index contributed by atoms with van der Waals surface area (Å²) < 4.78 is 1.48. The van der Waals surface area contributed by atoms with E-state index >= 15 is 0 Å². The molecule has 1 amide bonds. The van der Waals surface area contributed by atoms with Gasteiger partial charge in [0, 0.05) is 24.2 Å². The summed E-state index contributed by atoms with van der Waals surface area (Å²) in [5.74, 6) is -1.05. The fraction of sp³-hybridized carbons (Fsp3) is 0.286. The van der Waals surface area contributed by atoms with E-state index in [4.69, 9.17) is 5.11 Å². The molecule has 0 saturated carbocycles. The lowest BCUT2D eigenvalue weighted by Crippen LogP contribution is -2.37. The Labute approximate surface area is 120 Å². The number of carboxylic acids is 1. The smallest absolute Gasteiger partial charge is 0.352 e. The van der Waals surface area contributed by atoms with Crippen LogP contribution in [-0.4, -0.2) is 33.0 Å². The molecule has 3 heterocycles. The third-order valence-electron chi connectivity index (χ3n) is 3.51. The first-order valence-corrected chi connectivity index (χ1v) is 7.24. The maximum absolute atomic E-state index is 12.3. The van der Waals surface area contributed by atoms with E-state index in [1.54, 1.807) is 28.5 Å². The van der Waals surface area contributed by atoms with Gasteiger partial charge in [-0.05, 0) is 35.6 Å². The molecular formula is C14H14N2O3S. The molecule has 2 aromatic heterocycles. The predicted octanol–water partition coefficient (Wildman–Crippen LogP) is 1.83. The Morgan fingerprint density at radius 3 is 3.00 bits per heavy atom. The minimum Gasteiger partial charge on any atom is -0.477 e. The van der Waals surface area contributed by atoms with Gasteiger partial charge in [0.05, 0.1) is 0 Å². The Kier molecular flexibility index (Phi) is 3.31. The molecule has 0 unspecified atom stereocenters. The first kappa shape index (κ1) is 12.9. The van der Waals surface area contributed by atoms with Gasteiger partial charge >= 0.3 is 5.97 Å². The highest BCUT2D eigenvalue weighted by Gasteiger charge is 2.22. The van der Waals surface area contributed by atoms with E-state index < -0.39 is 5.97 Å². The SMILES string of the molecule is O=C(O)c1cccn1CC(=O)N1CCc2sccc2C1. The zero-order chi connectivity index (χ0) is 14.1. The molecule has 1 aliphatic heterocycles. The quantitative estimate of drug-likeness (QED) is 0.938. The molecule has 6 heteroatoms. The van der Waals surface area contributed by atoms with Gasteiger partial charge in [0.15, 0.2) is 0 Å². The average Bonchev–Trinajstić information content (AvgIpc) is 3.05. The maximum atomic E-state index is 12.3. The fourth-order valence-corrected chi connectivity index (χ4v) is 3.34. The van der Waals surface area contributed by atoms with Crippen LogP contribution >= 0.6 is 11.3 Å². The van der Waals surface area contributed by atoms with Crippen molar-refractivity contribution in [1.29, 1.82) is 0 Å². The number of carboxylic acid groups (broad SMARTS) is 1. The Morgan fingerprint density at radius 2 is 2.20 bits per heavy atom. The number of rotatable bonds is 3.